The number of hydrogen-bond donors (Lipinski definition) is 4. The first-order chi connectivity index (χ1) is 32.8. The predicted molar refractivity (Wildman–Crippen MR) is 256 cm³/mol. The Balaban J connectivity index is 1.14. The largest absolute Gasteiger partial charge is 0.453 e. The molecule has 4 atom stereocenters. The molecule has 0 aliphatic carbocycles. The van der Waals surface area contributed by atoms with Gasteiger partial charge in [0.2, 0.25) is 17.7 Å². The molecule has 15 nitrogen and oxygen atoms in total. The first-order valence-electron chi connectivity index (χ1n) is 22.7. The predicted octanol–water partition coefficient (Wildman–Crippen LogP) is 10.6. The Morgan fingerprint density at radius 1 is 0.714 bits per heavy atom. The lowest BCUT2D eigenvalue weighted by atomic mass is 9.85. The van der Waals surface area contributed by atoms with Crippen molar-refractivity contribution in [3.63, 3.8) is 0 Å². The molecular formula is C49H57F5N8O7S. The van der Waals surface area contributed by atoms with Crippen LogP contribution < -0.4 is 16.0 Å². The molecule has 2 aliphatic heterocycles. The molecule has 0 bridgehead atoms. The molecule has 4 heterocycles. The number of halogens is 5. The molecule has 2 saturated heterocycles. The van der Waals surface area contributed by atoms with Crippen molar-refractivity contribution in [1.29, 1.82) is 0 Å². The maximum absolute atomic E-state index is 13.9. The van der Waals surface area contributed by atoms with Crippen molar-refractivity contribution in [2.75, 3.05) is 32.6 Å². The van der Waals surface area contributed by atoms with Crippen LogP contribution in [0, 0.1) is 11.3 Å². The zero-order valence-corrected chi connectivity index (χ0v) is 40.6. The molecule has 3 aromatic carbocycles. The summed E-state index contributed by atoms with van der Waals surface area (Å²) in [6, 6.07) is 17.2. The summed E-state index contributed by atoms with van der Waals surface area (Å²) in [6.45, 7) is 9.88. The minimum absolute atomic E-state index is 0.166. The van der Waals surface area contributed by atoms with E-state index < -0.39 is 62.7 Å². The van der Waals surface area contributed by atoms with E-state index in [0.717, 1.165) is 24.1 Å². The molecule has 70 heavy (non-hydrogen) atoms. The molecule has 5 aromatic rings. The standard InChI is InChI=1S/C49H57F5N8O7S/c1-29(2)41(58-47(66)68-6)45(64)61-27-9-11-40(61)44(63)56-33-18-16-32(17-19-33)38-25-24-37(62(38)34-20-22-35(23-21-34)70(50,51,52,53)54)31-14-12-30(13-15-31)36-28-55-43(57-36)39-10-8-26-60(39)46(65)42(49(3,4)5)59-48(67)69-7/h12-25,28-29,39-42H,8-11,26-27H2,1-7H3,(H,55,57)(H,56,63)(H,58,66)(H,59,67)/t39-,40-,41-,42+/m0/s1. The lowest BCUT2D eigenvalue weighted by molar-refractivity contribution is -0.139. The third-order valence-corrected chi connectivity index (χ3v) is 13.8. The van der Waals surface area contributed by atoms with Gasteiger partial charge in [0.1, 0.15) is 28.8 Å². The summed E-state index contributed by atoms with van der Waals surface area (Å²) in [6.07, 6.45) is 2.52. The number of likely N-dealkylation sites (tertiary alicyclic amines) is 2. The van der Waals surface area contributed by atoms with Gasteiger partial charge in [-0.3, -0.25) is 14.4 Å². The first kappa shape index (κ1) is 51.0. The van der Waals surface area contributed by atoms with Crippen LogP contribution in [0.2, 0.25) is 0 Å². The Bertz CT molecular complexity index is 2760. The third-order valence-electron chi connectivity index (χ3n) is 12.6. The van der Waals surface area contributed by atoms with Crippen LogP contribution in [0.1, 0.15) is 72.2 Å². The summed E-state index contributed by atoms with van der Waals surface area (Å²) in [5, 5.41) is 8.10. The number of aromatic amines is 1. The van der Waals surface area contributed by atoms with E-state index in [-0.39, 0.29) is 23.6 Å². The molecule has 2 fully saturated rings. The van der Waals surface area contributed by atoms with E-state index in [1.165, 1.54) is 19.1 Å². The van der Waals surface area contributed by atoms with Crippen LogP contribution >= 0.6 is 10.2 Å². The molecule has 4 N–H and O–H groups in total. The zero-order chi connectivity index (χ0) is 51.0. The number of amides is 5. The number of nitrogens with zero attached hydrogens (tertiary/aromatic N) is 4. The van der Waals surface area contributed by atoms with Gasteiger partial charge in [-0.05, 0) is 102 Å². The minimum Gasteiger partial charge on any atom is -0.453 e. The number of aromatic nitrogens is 3. The fourth-order valence-electron chi connectivity index (χ4n) is 8.93. The lowest BCUT2D eigenvalue weighted by Gasteiger charge is -2.40. The Labute approximate surface area is 402 Å². The smallest absolute Gasteiger partial charge is 0.407 e. The number of nitrogens with one attached hydrogen (secondary N) is 4. The summed E-state index contributed by atoms with van der Waals surface area (Å²) in [7, 11) is -7.56. The second kappa shape index (κ2) is 18.8. The highest BCUT2D eigenvalue weighted by Gasteiger charge is 2.65. The van der Waals surface area contributed by atoms with E-state index in [1.54, 1.807) is 78.0 Å². The highest BCUT2D eigenvalue weighted by molar-refractivity contribution is 8.45. The van der Waals surface area contributed by atoms with E-state index >= 15 is 0 Å². The van der Waals surface area contributed by atoms with Crippen molar-refractivity contribution < 1.29 is 52.9 Å². The van der Waals surface area contributed by atoms with Crippen LogP contribution in [0.25, 0.3) is 39.5 Å². The van der Waals surface area contributed by atoms with Gasteiger partial charge in [-0.25, -0.2) is 14.6 Å². The van der Waals surface area contributed by atoms with Crippen LogP contribution in [0.15, 0.2) is 96.0 Å². The molecule has 2 aromatic heterocycles. The van der Waals surface area contributed by atoms with E-state index in [1.807, 2.05) is 32.9 Å². The maximum Gasteiger partial charge on any atom is 0.407 e. The summed E-state index contributed by atoms with van der Waals surface area (Å²) in [5.74, 6) is -0.823. The topological polar surface area (TPSA) is 180 Å². The Morgan fingerprint density at radius 3 is 1.81 bits per heavy atom. The Hall–Kier alpha value is -6.90. The fourth-order valence-corrected chi connectivity index (χ4v) is 9.58. The van der Waals surface area contributed by atoms with Gasteiger partial charge in [0.25, 0.3) is 0 Å². The van der Waals surface area contributed by atoms with Crippen molar-refractivity contribution >= 4 is 45.8 Å². The summed E-state index contributed by atoms with van der Waals surface area (Å²) in [4.78, 5) is 74.3. The molecule has 7 rings (SSSR count). The normalized spacial score (nSPS) is 18.1. The van der Waals surface area contributed by atoms with Crippen molar-refractivity contribution in [2.24, 2.45) is 11.3 Å². The van der Waals surface area contributed by atoms with Gasteiger partial charge in [0, 0.05) is 24.5 Å². The van der Waals surface area contributed by atoms with Crippen LogP contribution in [0.3, 0.4) is 0 Å². The Kier molecular flexibility index (Phi) is 13.7. The van der Waals surface area contributed by atoms with Gasteiger partial charge < -0.3 is 44.8 Å². The van der Waals surface area contributed by atoms with E-state index in [4.69, 9.17) is 9.47 Å². The average molecular weight is 997 g/mol. The molecule has 376 valence electrons. The highest BCUT2D eigenvalue weighted by Crippen LogP contribution is 3.02. The zero-order valence-electron chi connectivity index (χ0n) is 39.7. The second-order valence-electron chi connectivity index (χ2n) is 18.9. The fraction of sp³-hybridized carbons (Fsp3) is 0.388. The molecule has 21 heteroatoms. The van der Waals surface area contributed by atoms with Crippen LogP contribution in [0.4, 0.5) is 34.7 Å². The maximum atomic E-state index is 13.9. The molecule has 5 amide bonds. The third kappa shape index (κ3) is 11.1. The number of methoxy groups -OCH3 is 2. The molecular weight excluding hydrogens is 940 g/mol. The van der Waals surface area contributed by atoms with Gasteiger partial charge in [-0.1, -0.05) is 90.4 Å². The highest BCUT2D eigenvalue weighted by atomic mass is 32.5. The minimum atomic E-state index is -9.99. The Morgan fingerprint density at radius 2 is 1.26 bits per heavy atom. The van der Waals surface area contributed by atoms with Crippen LogP contribution in [-0.2, 0) is 23.9 Å². The molecule has 0 spiro atoms. The lowest BCUT2D eigenvalue weighted by Crippen LogP contribution is -2.54. The quantitative estimate of drug-likeness (QED) is 0.0841. The second-order valence-corrected chi connectivity index (χ2v) is 21.3. The SMILES string of the molecule is COC(=O)N[C@H](C(=O)N1CCC[C@H]1C(=O)Nc1ccc(-c2ccc(-c3ccc(-c4cnc([C@@H]5CCCN5C(=O)[C@@H](NC(=O)OC)C(C)(C)C)[nH]4)cc3)n2-c2ccc(S(F)(F)(F)(F)F)cc2)cc1)C(C)C. The number of H-pyrrole nitrogens is 1. The number of benzene rings is 3. The number of anilines is 1. The molecule has 2 aliphatic rings. The number of hydrogen-bond acceptors (Lipinski definition) is 8. The van der Waals surface area contributed by atoms with Crippen LogP contribution in [0.5, 0.6) is 0 Å². The number of rotatable bonds is 13. The summed E-state index contributed by atoms with van der Waals surface area (Å²) in [5.41, 5.74) is 3.55. The number of carbonyl (C=O) groups excluding carboxylic acids is 5. The van der Waals surface area contributed by atoms with Crippen molar-refractivity contribution in [1.82, 2.24) is 35.0 Å². The van der Waals surface area contributed by atoms with Crippen molar-refractivity contribution in [3.05, 3.63) is 97.0 Å². The monoisotopic (exact) mass is 996 g/mol. The first-order valence-corrected chi connectivity index (χ1v) is 24.7. The van der Waals surface area contributed by atoms with E-state index in [9.17, 15) is 43.4 Å². The van der Waals surface area contributed by atoms with Gasteiger partial charge in [-0.2, -0.15) is 0 Å². The van der Waals surface area contributed by atoms with Crippen molar-refractivity contribution in [2.45, 2.75) is 89.4 Å². The number of imidazole rings is 1. The van der Waals surface area contributed by atoms with Gasteiger partial charge >= 0.3 is 22.4 Å². The average Bonchev–Trinajstić information content (AvgIpc) is 4.15. The van der Waals surface area contributed by atoms with Gasteiger partial charge in [0.05, 0.1) is 43.5 Å². The molecule has 0 radical (unpaired) electrons. The molecule has 0 unspecified atom stereocenters. The number of alkyl carbamates (subject to hydrolysis) is 2. The molecule has 0 saturated carbocycles. The number of carbonyl (C=O) groups is 5. The van der Waals surface area contributed by atoms with Gasteiger partial charge in [-0.15, -0.1) is 0 Å². The van der Waals surface area contributed by atoms with E-state index in [0.29, 0.717) is 84.2 Å². The van der Waals surface area contributed by atoms with Crippen LogP contribution in [-0.4, -0.2) is 99.7 Å². The van der Waals surface area contributed by atoms with E-state index in [2.05, 4.69) is 25.9 Å². The summed E-state index contributed by atoms with van der Waals surface area (Å²) >= 11 is 0. The summed E-state index contributed by atoms with van der Waals surface area (Å²) < 4.78 is 80.4. The number of ether oxygens (including phenoxy) is 2. The van der Waals surface area contributed by atoms with Crippen molar-refractivity contribution in [3.8, 4) is 39.5 Å². The van der Waals surface area contributed by atoms with Gasteiger partial charge in [0.15, 0.2) is 0 Å².